The third-order valence-corrected chi connectivity index (χ3v) is 10.2. The van der Waals surface area contributed by atoms with E-state index in [9.17, 15) is 23.1 Å². The molecule has 0 saturated carbocycles. The quantitative estimate of drug-likeness (QED) is 0.0771. The van der Waals surface area contributed by atoms with Gasteiger partial charge in [-0.1, -0.05) is 108 Å². The molecule has 1 aromatic heterocycles. The Labute approximate surface area is 333 Å². The predicted molar refractivity (Wildman–Crippen MR) is 214 cm³/mol. The Morgan fingerprint density at radius 3 is 1.89 bits per heavy atom. The van der Waals surface area contributed by atoms with Crippen LogP contribution in [0.3, 0.4) is 0 Å². The molecule has 5 rings (SSSR count). The van der Waals surface area contributed by atoms with E-state index in [1.807, 2.05) is 96.1 Å². The maximum absolute atomic E-state index is 13.9. The zero-order chi connectivity index (χ0) is 38.9. The minimum absolute atomic E-state index is 0. The summed E-state index contributed by atoms with van der Waals surface area (Å²) < 4.78 is 41.6. The van der Waals surface area contributed by atoms with Crippen LogP contribution in [0.2, 0.25) is 0 Å². The molecule has 0 atom stereocenters. The average molecular weight is 913 g/mol. The first-order valence-electron chi connectivity index (χ1n) is 18.7. The molecule has 0 aliphatic carbocycles. The number of hydrogen-bond donors (Lipinski definition) is 1. The molecule has 1 heterocycles. The van der Waals surface area contributed by atoms with Crippen molar-refractivity contribution in [3.05, 3.63) is 126 Å². The summed E-state index contributed by atoms with van der Waals surface area (Å²) in [5, 5.41) is 10.6. The zero-order valence-corrected chi connectivity index (χ0v) is 35.1. The van der Waals surface area contributed by atoms with Crippen LogP contribution >= 0.6 is 0 Å². The van der Waals surface area contributed by atoms with Crippen molar-refractivity contribution < 1.29 is 43.2 Å². The molecule has 0 bridgehead atoms. The number of rotatable bonds is 12. The third-order valence-electron chi connectivity index (χ3n) is 10.2. The van der Waals surface area contributed by atoms with Crippen LogP contribution in [-0.4, -0.2) is 22.1 Å². The molecule has 3 nitrogen and oxygen atoms in total. The monoisotopic (exact) mass is 913 g/mol. The number of alkyl halides is 3. The van der Waals surface area contributed by atoms with Crippen molar-refractivity contribution in [1.29, 1.82) is 0 Å². The molecule has 0 amide bonds. The Morgan fingerprint density at radius 2 is 1.33 bits per heavy atom. The van der Waals surface area contributed by atoms with Gasteiger partial charge in [0.25, 0.3) is 0 Å². The smallest absolute Gasteiger partial charge is 0.394 e. The molecule has 0 unspecified atom stereocenters. The Balaban J connectivity index is 0.000000418. The van der Waals surface area contributed by atoms with Gasteiger partial charge in [-0.15, -0.1) is 35.4 Å². The predicted octanol–water partition coefficient (Wildman–Crippen LogP) is 13.7. The number of hydrogen-bond acceptors (Lipinski definition) is 3. The summed E-state index contributed by atoms with van der Waals surface area (Å²) >= 11 is 0. The van der Waals surface area contributed by atoms with Gasteiger partial charge in [-0.3, -0.25) is 9.78 Å². The summed E-state index contributed by atoms with van der Waals surface area (Å²) in [6.07, 6.45) is 0.454. The number of pyridine rings is 1. The van der Waals surface area contributed by atoms with Gasteiger partial charge in [0.1, 0.15) is 0 Å². The van der Waals surface area contributed by atoms with E-state index >= 15 is 0 Å². The normalized spacial score (nSPS) is 12.1. The summed E-state index contributed by atoms with van der Waals surface area (Å²) in [4.78, 5) is 16.6. The topological polar surface area (TPSA) is 50.2 Å². The molecule has 1 radical (unpaired) electrons. The van der Waals surface area contributed by atoms with Gasteiger partial charge in [-0.2, -0.15) is 13.2 Å². The van der Waals surface area contributed by atoms with Crippen LogP contribution in [0.25, 0.3) is 44.4 Å². The molecule has 0 fully saturated rings. The third kappa shape index (κ3) is 11.0. The molecular formula is C47H53F3IrNO2-. The second kappa shape index (κ2) is 19.5. The van der Waals surface area contributed by atoms with Crippen LogP contribution in [0.5, 0.6) is 0 Å². The van der Waals surface area contributed by atoms with Crippen LogP contribution in [0.15, 0.2) is 103 Å². The molecule has 0 spiro atoms. The van der Waals surface area contributed by atoms with Crippen molar-refractivity contribution in [1.82, 2.24) is 4.98 Å². The number of carbonyl (C=O) groups is 1. The van der Waals surface area contributed by atoms with Gasteiger partial charge in [0, 0.05) is 43.4 Å². The molecule has 5 aromatic rings. The second-order valence-electron chi connectivity index (χ2n) is 14.6. The fourth-order valence-electron chi connectivity index (χ4n) is 6.76. The molecular weight excluding hydrogens is 860 g/mol. The van der Waals surface area contributed by atoms with Crippen LogP contribution in [-0.2, 0) is 31.3 Å². The minimum atomic E-state index is -4.32. The first-order chi connectivity index (χ1) is 25.1. The van der Waals surface area contributed by atoms with Crippen molar-refractivity contribution in [2.24, 2.45) is 17.3 Å². The summed E-state index contributed by atoms with van der Waals surface area (Å²) in [6, 6.07) is 33.4. The van der Waals surface area contributed by atoms with E-state index in [2.05, 4.69) is 42.5 Å². The van der Waals surface area contributed by atoms with Gasteiger partial charge >= 0.3 is 6.18 Å². The number of benzene rings is 4. The summed E-state index contributed by atoms with van der Waals surface area (Å²) in [5.74, 6) is 0.547. The van der Waals surface area contributed by atoms with Gasteiger partial charge in [0.2, 0.25) is 0 Å². The molecule has 4 aromatic carbocycles. The van der Waals surface area contributed by atoms with E-state index in [4.69, 9.17) is 4.98 Å². The first-order valence-corrected chi connectivity index (χ1v) is 18.7. The van der Waals surface area contributed by atoms with Crippen molar-refractivity contribution >= 4 is 16.7 Å². The van der Waals surface area contributed by atoms with Gasteiger partial charge in [0.15, 0.2) is 5.78 Å². The van der Waals surface area contributed by atoms with Crippen molar-refractivity contribution in [2.45, 2.75) is 93.7 Å². The van der Waals surface area contributed by atoms with Gasteiger partial charge in [-0.25, -0.2) is 0 Å². The number of aliphatic hydroxyl groups excluding tert-OH is 1. The van der Waals surface area contributed by atoms with Gasteiger partial charge in [-0.05, 0) is 91.1 Å². The number of allylic oxidation sites excluding steroid dienone is 2. The van der Waals surface area contributed by atoms with E-state index < -0.39 is 11.6 Å². The van der Waals surface area contributed by atoms with E-state index in [-0.39, 0.29) is 49.9 Å². The van der Waals surface area contributed by atoms with E-state index in [1.54, 1.807) is 0 Å². The average Bonchev–Trinajstić information content (AvgIpc) is 3.12. The maximum atomic E-state index is 13.9. The van der Waals surface area contributed by atoms with Crippen LogP contribution in [0.4, 0.5) is 13.2 Å². The van der Waals surface area contributed by atoms with Gasteiger partial charge < -0.3 is 5.11 Å². The number of halogens is 3. The zero-order valence-electron chi connectivity index (χ0n) is 32.7. The Bertz CT molecular complexity index is 2010. The molecule has 0 aliphatic rings. The first kappa shape index (κ1) is 44.3. The maximum Gasteiger partial charge on any atom is 0.394 e. The number of carbonyl (C=O) groups excluding carboxylic acids is 1. The summed E-state index contributed by atoms with van der Waals surface area (Å²) in [5.41, 5.74) is 7.15. The molecule has 1 N–H and O–H groups in total. The number of fused-ring (bicyclic) bond motifs is 1. The number of ketones is 1. The van der Waals surface area contributed by atoms with E-state index in [1.165, 1.54) is 19.9 Å². The summed E-state index contributed by atoms with van der Waals surface area (Å²) in [7, 11) is 0. The van der Waals surface area contributed by atoms with E-state index in [0.29, 0.717) is 16.8 Å². The van der Waals surface area contributed by atoms with Crippen LogP contribution in [0, 0.1) is 37.2 Å². The number of aliphatic hydroxyl groups is 1. The summed E-state index contributed by atoms with van der Waals surface area (Å²) in [6.45, 7) is 14.5. The van der Waals surface area contributed by atoms with Gasteiger partial charge in [0.05, 0.1) is 16.7 Å². The SMILES string of the molecule is CCC(CC)C(=O)/C=C(\O)C(CC)CC.Cc1cc(C)c2c(CC(C)(C)C(F)(F)F)cc(-c3[c-]ccc(-c4ccc(-c5ccccc5)cc4)c3)nc2c1.[Ir]. The Kier molecular flexibility index (Phi) is 16.0. The minimum Gasteiger partial charge on any atom is -0.512 e. The number of aromatic nitrogens is 1. The molecule has 7 heteroatoms. The Hall–Kier alpha value is -4.06. The molecule has 289 valence electrons. The number of aryl methyl sites for hydroxylation is 2. The van der Waals surface area contributed by atoms with Crippen molar-refractivity contribution in [3.63, 3.8) is 0 Å². The standard InChI is InChI=1S/C34H29F3N.C13H24O2.Ir/c1-22-17-23(2)32-29(21-33(3,4)34(35,36)37)20-30(38-31(32)18-22)28-12-8-11-27(19-28)26-15-13-25(14-16-26)24-9-6-5-7-10-24;1-5-10(6-2)12(14)9-13(15)11(7-3)8-4;/h5-11,13-20H,21H2,1-4H3;9-11,14H,5-8H2,1-4H3;/q-1;;/b;12-9-;. The fraction of sp³-hybridized carbons (Fsp3) is 0.362. The van der Waals surface area contributed by atoms with Crippen molar-refractivity contribution in [3.8, 4) is 33.5 Å². The largest absolute Gasteiger partial charge is 0.512 e. The second-order valence-corrected chi connectivity index (χ2v) is 14.6. The van der Waals surface area contributed by atoms with Crippen molar-refractivity contribution in [2.75, 3.05) is 0 Å². The van der Waals surface area contributed by atoms with Crippen LogP contribution < -0.4 is 0 Å². The number of nitrogens with zero attached hydrogens (tertiary/aromatic N) is 1. The fourth-order valence-corrected chi connectivity index (χ4v) is 6.76. The van der Waals surface area contributed by atoms with E-state index in [0.717, 1.165) is 70.0 Å². The Morgan fingerprint density at radius 1 is 0.778 bits per heavy atom. The molecule has 54 heavy (non-hydrogen) atoms. The molecule has 0 saturated heterocycles. The van der Waals surface area contributed by atoms with Crippen LogP contribution in [0.1, 0.15) is 83.9 Å². The molecule has 0 aliphatic heterocycles.